The number of halogens is 3. The Bertz CT molecular complexity index is 809. The number of ether oxygens (including phenoxy) is 5. The maximum Gasteiger partial charge on any atom is 0.523 e. The first-order chi connectivity index (χ1) is 14.0. The summed E-state index contributed by atoms with van der Waals surface area (Å²) in [6, 6.07) is 0. The first-order valence-electron chi connectivity index (χ1n) is 8.35. The van der Waals surface area contributed by atoms with E-state index in [0.717, 1.165) is 27.7 Å². The molecule has 1 rings (SSSR count). The van der Waals surface area contributed by atoms with Crippen LogP contribution < -0.4 is 0 Å². The summed E-state index contributed by atoms with van der Waals surface area (Å²) in [5.74, 6) is -4.08. The Kier molecular flexibility index (Phi) is 8.77. The van der Waals surface area contributed by atoms with Gasteiger partial charge in [-0.05, 0) is 0 Å². The summed E-state index contributed by atoms with van der Waals surface area (Å²) in [6.07, 6.45) is -9.85. The molecule has 0 spiro atoms. The van der Waals surface area contributed by atoms with Gasteiger partial charge in [0.1, 0.15) is 12.7 Å². The number of alkyl halides is 3. The van der Waals surface area contributed by atoms with Crippen molar-refractivity contribution in [1.82, 2.24) is 0 Å². The average Bonchev–Trinajstić information content (AvgIpc) is 2.56. The van der Waals surface area contributed by atoms with Crippen LogP contribution in [0.5, 0.6) is 0 Å². The normalized spacial score (nSPS) is 26.5. The predicted molar refractivity (Wildman–Crippen MR) is 88.0 cm³/mol. The Morgan fingerprint density at radius 2 is 1.26 bits per heavy atom. The summed E-state index contributed by atoms with van der Waals surface area (Å²) in [5, 5.41) is 0. The van der Waals surface area contributed by atoms with Gasteiger partial charge in [-0.1, -0.05) is 0 Å². The van der Waals surface area contributed by atoms with Crippen LogP contribution in [0.1, 0.15) is 27.7 Å². The lowest BCUT2D eigenvalue weighted by Crippen LogP contribution is -2.63. The Morgan fingerprint density at radius 1 is 0.806 bits per heavy atom. The van der Waals surface area contributed by atoms with Gasteiger partial charge in [-0.3, -0.25) is 19.2 Å². The Hall–Kier alpha value is -2.46. The molecule has 0 aliphatic carbocycles. The second-order valence-electron chi connectivity index (χ2n) is 6.06. The van der Waals surface area contributed by atoms with Gasteiger partial charge in [-0.2, -0.15) is 21.6 Å². The van der Waals surface area contributed by atoms with Gasteiger partial charge in [0.05, 0.1) is 0 Å². The molecule has 31 heavy (non-hydrogen) atoms. The van der Waals surface area contributed by atoms with Crippen LogP contribution in [-0.4, -0.2) is 75.1 Å². The Morgan fingerprint density at radius 3 is 1.68 bits per heavy atom. The summed E-state index contributed by atoms with van der Waals surface area (Å²) in [6.45, 7) is 2.80. The molecule has 1 aliphatic heterocycles. The highest BCUT2D eigenvalue weighted by Gasteiger charge is 2.57. The van der Waals surface area contributed by atoms with Gasteiger partial charge in [0, 0.05) is 27.7 Å². The second kappa shape index (κ2) is 10.2. The molecule has 0 saturated carbocycles. The number of esters is 4. The average molecular weight is 480 g/mol. The van der Waals surface area contributed by atoms with E-state index in [2.05, 4.69) is 8.92 Å². The number of rotatable bonds is 7. The standard InChI is InChI=1S/C15H19F3O12S/c1-6(19)25-5-10-11(26-7(2)20)12(27-8(3)21)13(28-9(4)22)14(29-10)30-31(23,24)15(16,17)18/h10-14H,5H2,1-4H3/t10-,11-,12+,13-,14?/m1/s1. The van der Waals surface area contributed by atoms with E-state index in [9.17, 15) is 40.8 Å². The Balaban J connectivity index is 3.47. The molecule has 1 aliphatic rings. The molecule has 178 valence electrons. The summed E-state index contributed by atoms with van der Waals surface area (Å²) in [5.41, 5.74) is -5.88. The van der Waals surface area contributed by atoms with E-state index in [1.54, 1.807) is 0 Å². The van der Waals surface area contributed by atoms with Crippen LogP contribution in [0.25, 0.3) is 0 Å². The summed E-state index contributed by atoms with van der Waals surface area (Å²) < 4.78 is 89.7. The zero-order valence-electron chi connectivity index (χ0n) is 16.5. The van der Waals surface area contributed by atoms with Crippen LogP contribution in [0, 0.1) is 0 Å². The summed E-state index contributed by atoms with van der Waals surface area (Å²) >= 11 is 0. The molecule has 0 N–H and O–H groups in total. The van der Waals surface area contributed by atoms with E-state index in [4.69, 9.17) is 18.9 Å². The van der Waals surface area contributed by atoms with Gasteiger partial charge < -0.3 is 23.7 Å². The second-order valence-corrected chi connectivity index (χ2v) is 7.63. The van der Waals surface area contributed by atoms with Gasteiger partial charge in [0.15, 0.2) is 18.3 Å². The van der Waals surface area contributed by atoms with Gasteiger partial charge in [-0.25, -0.2) is 4.18 Å². The topological polar surface area (TPSA) is 158 Å². The molecular formula is C15H19F3O12S. The molecule has 0 aromatic heterocycles. The fourth-order valence-corrected chi connectivity index (χ4v) is 2.96. The fraction of sp³-hybridized carbons (Fsp3) is 0.733. The van der Waals surface area contributed by atoms with Crippen LogP contribution in [-0.2, 0) is 57.2 Å². The van der Waals surface area contributed by atoms with Crippen molar-refractivity contribution in [1.29, 1.82) is 0 Å². The molecule has 0 radical (unpaired) electrons. The van der Waals surface area contributed by atoms with Crippen LogP contribution in [0.15, 0.2) is 0 Å². The zero-order valence-corrected chi connectivity index (χ0v) is 17.4. The molecular weight excluding hydrogens is 461 g/mol. The lowest BCUT2D eigenvalue weighted by Gasteiger charge is -2.43. The SMILES string of the molecule is CC(=O)OC[C@H]1OC(OS(=O)(=O)C(F)(F)F)[C@H](OC(C)=O)[C@@H](OC(C)=O)[C@@H]1OC(C)=O. The van der Waals surface area contributed by atoms with E-state index >= 15 is 0 Å². The molecule has 5 atom stereocenters. The predicted octanol–water partition coefficient (Wildman–Crippen LogP) is -0.0643. The van der Waals surface area contributed by atoms with Crippen molar-refractivity contribution in [2.75, 3.05) is 6.61 Å². The smallest absolute Gasteiger partial charge is 0.463 e. The van der Waals surface area contributed by atoms with Crippen LogP contribution in [0.4, 0.5) is 13.2 Å². The highest BCUT2D eigenvalue weighted by atomic mass is 32.2. The molecule has 0 amide bonds. The monoisotopic (exact) mass is 480 g/mol. The molecule has 1 fully saturated rings. The van der Waals surface area contributed by atoms with E-state index in [1.807, 2.05) is 0 Å². The maximum atomic E-state index is 12.8. The molecule has 0 bridgehead atoms. The third-order valence-corrected chi connectivity index (χ3v) is 4.46. The molecule has 1 unspecified atom stereocenters. The molecule has 16 heteroatoms. The van der Waals surface area contributed by atoms with E-state index in [-0.39, 0.29) is 0 Å². The Labute approximate surface area is 174 Å². The van der Waals surface area contributed by atoms with Gasteiger partial charge in [-0.15, -0.1) is 0 Å². The van der Waals surface area contributed by atoms with Crippen molar-refractivity contribution in [2.45, 2.75) is 63.9 Å². The van der Waals surface area contributed by atoms with E-state index in [1.165, 1.54) is 0 Å². The van der Waals surface area contributed by atoms with Gasteiger partial charge >= 0.3 is 39.5 Å². The summed E-state index contributed by atoms with van der Waals surface area (Å²) in [7, 11) is -6.29. The maximum absolute atomic E-state index is 12.8. The van der Waals surface area contributed by atoms with E-state index < -0.39 is 76.8 Å². The summed E-state index contributed by atoms with van der Waals surface area (Å²) in [4.78, 5) is 45.6. The minimum absolute atomic E-state index is 0.774. The number of hydrogen-bond acceptors (Lipinski definition) is 12. The quantitative estimate of drug-likeness (QED) is 0.207. The minimum Gasteiger partial charge on any atom is -0.463 e. The third kappa shape index (κ3) is 7.62. The number of hydrogen-bond donors (Lipinski definition) is 0. The van der Waals surface area contributed by atoms with Crippen molar-refractivity contribution < 1.29 is 68.6 Å². The zero-order chi connectivity index (χ0) is 24.1. The number of carbonyl (C=O) groups is 4. The fourth-order valence-electron chi connectivity index (χ4n) is 2.45. The highest BCUT2D eigenvalue weighted by molar-refractivity contribution is 7.87. The van der Waals surface area contributed by atoms with Crippen LogP contribution in [0.2, 0.25) is 0 Å². The molecule has 0 aromatic carbocycles. The van der Waals surface area contributed by atoms with Gasteiger partial charge in [0.25, 0.3) is 0 Å². The van der Waals surface area contributed by atoms with Crippen molar-refractivity contribution in [3.63, 3.8) is 0 Å². The number of carbonyl (C=O) groups excluding carboxylic acids is 4. The largest absolute Gasteiger partial charge is 0.523 e. The van der Waals surface area contributed by atoms with Crippen LogP contribution in [0.3, 0.4) is 0 Å². The van der Waals surface area contributed by atoms with Crippen molar-refractivity contribution >= 4 is 34.0 Å². The molecule has 1 heterocycles. The highest BCUT2D eigenvalue weighted by Crippen LogP contribution is 2.33. The lowest BCUT2D eigenvalue weighted by atomic mass is 9.98. The first-order valence-corrected chi connectivity index (χ1v) is 9.76. The van der Waals surface area contributed by atoms with Crippen molar-refractivity contribution in [3.8, 4) is 0 Å². The van der Waals surface area contributed by atoms with Crippen LogP contribution >= 0.6 is 0 Å². The minimum atomic E-state index is -6.29. The molecule has 0 aromatic rings. The first kappa shape index (κ1) is 26.6. The lowest BCUT2D eigenvalue weighted by molar-refractivity contribution is -0.289. The third-order valence-electron chi connectivity index (χ3n) is 3.45. The molecule has 1 saturated heterocycles. The van der Waals surface area contributed by atoms with Crippen molar-refractivity contribution in [3.05, 3.63) is 0 Å². The molecule has 12 nitrogen and oxygen atoms in total. The van der Waals surface area contributed by atoms with E-state index in [0.29, 0.717) is 0 Å². The van der Waals surface area contributed by atoms with Crippen molar-refractivity contribution in [2.24, 2.45) is 0 Å². The van der Waals surface area contributed by atoms with Gasteiger partial charge in [0.2, 0.25) is 6.29 Å².